The molecular formula is C16H12F2N2S. The molecule has 5 heteroatoms. The summed E-state index contributed by atoms with van der Waals surface area (Å²) < 4.78 is 26.8. The van der Waals surface area contributed by atoms with E-state index in [1.54, 1.807) is 12.3 Å². The number of hydrogen-bond acceptors (Lipinski definition) is 3. The van der Waals surface area contributed by atoms with Gasteiger partial charge in [0.2, 0.25) is 0 Å². The molecule has 106 valence electrons. The maximum Gasteiger partial charge on any atom is 0.140 e. The summed E-state index contributed by atoms with van der Waals surface area (Å²) in [5.74, 6) is -1.16. The molecule has 0 saturated heterocycles. The molecule has 0 aliphatic rings. The molecule has 0 unspecified atom stereocenters. The molecule has 0 spiro atoms. The van der Waals surface area contributed by atoms with Crippen LogP contribution in [-0.2, 0) is 0 Å². The quantitative estimate of drug-likeness (QED) is 0.706. The number of nitrogen functional groups attached to an aromatic ring is 1. The van der Waals surface area contributed by atoms with Gasteiger partial charge in [-0.05, 0) is 37.3 Å². The molecule has 2 nitrogen and oxygen atoms in total. The van der Waals surface area contributed by atoms with Crippen LogP contribution in [0.1, 0.15) is 5.69 Å². The molecule has 0 bridgehead atoms. The van der Waals surface area contributed by atoms with E-state index in [1.807, 2.05) is 19.1 Å². The van der Waals surface area contributed by atoms with Gasteiger partial charge in [0, 0.05) is 44.2 Å². The van der Waals surface area contributed by atoms with Crippen LogP contribution in [-0.4, -0.2) is 4.98 Å². The average molecular weight is 302 g/mol. The molecule has 3 rings (SSSR count). The fraction of sp³-hybridized carbons (Fsp3) is 0.0625. The molecular weight excluding hydrogens is 290 g/mol. The standard InChI is InChI=1S/C16H12F2N2S/c1-9-6-11-12(8-20-9)14(19)3-5-15(11)21-16-4-2-10(17)7-13(16)18/h2-8H,19H2,1H3. The Labute approximate surface area is 125 Å². The van der Waals surface area contributed by atoms with Crippen LogP contribution in [0.15, 0.2) is 52.4 Å². The van der Waals surface area contributed by atoms with Crippen molar-refractivity contribution in [2.24, 2.45) is 0 Å². The topological polar surface area (TPSA) is 38.9 Å². The van der Waals surface area contributed by atoms with E-state index >= 15 is 0 Å². The fourth-order valence-electron chi connectivity index (χ4n) is 2.10. The number of pyridine rings is 1. The van der Waals surface area contributed by atoms with Gasteiger partial charge in [0.25, 0.3) is 0 Å². The number of nitrogens with two attached hydrogens (primary N) is 1. The third-order valence-corrected chi connectivity index (χ3v) is 4.27. The highest BCUT2D eigenvalue weighted by Crippen LogP contribution is 2.36. The van der Waals surface area contributed by atoms with E-state index < -0.39 is 11.6 Å². The lowest BCUT2D eigenvalue weighted by atomic mass is 10.1. The van der Waals surface area contributed by atoms with Gasteiger partial charge in [0.15, 0.2) is 0 Å². The number of nitrogens with zero attached hydrogens (tertiary/aromatic N) is 1. The van der Waals surface area contributed by atoms with Crippen molar-refractivity contribution in [3.05, 3.63) is 59.9 Å². The zero-order valence-corrected chi connectivity index (χ0v) is 12.0. The van der Waals surface area contributed by atoms with Gasteiger partial charge < -0.3 is 5.73 Å². The van der Waals surface area contributed by atoms with Gasteiger partial charge in [0.1, 0.15) is 11.6 Å². The molecule has 0 fully saturated rings. The van der Waals surface area contributed by atoms with Crippen LogP contribution >= 0.6 is 11.8 Å². The predicted octanol–water partition coefficient (Wildman–Crippen LogP) is 4.55. The van der Waals surface area contributed by atoms with Gasteiger partial charge in [-0.1, -0.05) is 11.8 Å². The minimum Gasteiger partial charge on any atom is -0.398 e. The van der Waals surface area contributed by atoms with Gasteiger partial charge >= 0.3 is 0 Å². The number of fused-ring (bicyclic) bond motifs is 1. The van der Waals surface area contributed by atoms with Crippen LogP contribution in [0.5, 0.6) is 0 Å². The summed E-state index contributed by atoms with van der Waals surface area (Å²) in [4.78, 5) is 5.46. The number of halogens is 2. The van der Waals surface area contributed by atoms with Gasteiger partial charge in [-0.3, -0.25) is 4.98 Å². The number of aryl methyl sites for hydroxylation is 1. The van der Waals surface area contributed by atoms with E-state index in [4.69, 9.17) is 5.73 Å². The van der Waals surface area contributed by atoms with Crippen LogP contribution in [0.3, 0.4) is 0 Å². The summed E-state index contributed by atoms with van der Waals surface area (Å²) in [7, 11) is 0. The number of benzene rings is 2. The Morgan fingerprint density at radius 1 is 1.00 bits per heavy atom. The van der Waals surface area contributed by atoms with E-state index in [-0.39, 0.29) is 0 Å². The van der Waals surface area contributed by atoms with Crippen LogP contribution in [0.2, 0.25) is 0 Å². The fourth-order valence-corrected chi connectivity index (χ4v) is 3.05. The molecule has 0 amide bonds. The van der Waals surface area contributed by atoms with E-state index in [0.717, 1.165) is 27.4 Å². The summed E-state index contributed by atoms with van der Waals surface area (Å²) in [5.41, 5.74) is 7.43. The normalized spacial score (nSPS) is 11.0. The second-order valence-electron chi connectivity index (χ2n) is 4.70. The van der Waals surface area contributed by atoms with Crippen LogP contribution in [0.25, 0.3) is 10.8 Å². The van der Waals surface area contributed by atoms with Crippen molar-refractivity contribution in [3.8, 4) is 0 Å². The molecule has 3 aromatic rings. The smallest absolute Gasteiger partial charge is 0.140 e. The van der Waals surface area contributed by atoms with E-state index in [0.29, 0.717) is 10.6 Å². The number of hydrogen-bond donors (Lipinski definition) is 1. The van der Waals surface area contributed by atoms with Crippen LogP contribution in [0, 0.1) is 18.6 Å². The third-order valence-electron chi connectivity index (χ3n) is 3.15. The molecule has 0 atom stereocenters. The SMILES string of the molecule is Cc1cc2c(Sc3ccc(F)cc3F)ccc(N)c2cn1. The number of aromatic nitrogens is 1. The Morgan fingerprint density at radius 3 is 2.52 bits per heavy atom. The lowest BCUT2D eigenvalue weighted by Gasteiger charge is -2.09. The Hall–Kier alpha value is -2.14. The van der Waals surface area contributed by atoms with E-state index in [9.17, 15) is 8.78 Å². The van der Waals surface area contributed by atoms with Crippen LogP contribution < -0.4 is 5.73 Å². The summed E-state index contributed by atoms with van der Waals surface area (Å²) in [5, 5.41) is 1.74. The number of anilines is 1. The second kappa shape index (κ2) is 5.33. The van der Waals surface area contributed by atoms with Crippen molar-refractivity contribution in [1.82, 2.24) is 4.98 Å². The molecule has 1 aromatic heterocycles. The maximum absolute atomic E-state index is 13.8. The molecule has 2 N–H and O–H groups in total. The molecule has 0 radical (unpaired) electrons. The Bertz CT molecular complexity index is 834. The largest absolute Gasteiger partial charge is 0.398 e. The minimum absolute atomic E-state index is 0.372. The molecule has 1 heterocycles. The highest BCUT2D eigenvalue weighted by Gasteiger charge is 2.10. The Morgan fingerprint density at radius 2 is 1.76 bits per heavy atom. The summed E-state index contributed by atoms with van der Waals surface area (Å²) in [6, 6.07) is 9.08. The Kier molecular flexibility index (Phi) is 3.51. The zero-order chi connectivity index (χ0) is 15.0. The Balaban J connectivity index is 2.12. The number of rotatable bonds is 2. The highest BCUT2D eigenvalue weighted by atomic mass is 32.2. The lowest BCUT2D eigenvalue weighted by molar-refractivity contribution is 0.566. The van der Waals surface area contributed by atoms with Crippen molar-refractivity contribution in [3.63, 3.8) is 0 Å². The van der Waals surface area contributed by atoms with E-state index in [2.05, 4.69) is 4.98 Å². The van der Waals surface area contributed by atoms with Crippen LogP contribution in [0.4, 0.5) is 14.5 Å². The summed E-state index contributed by atoms with van der Waals surface area (Å²) in [6.07, 6.45) is 1.71. The van der Waals surface area contributed by atoms with Gasteiger partial charge in [-0.25, -0.2) is 8.78 Å². The first-order valence-electron chi connectivity index (χ1n) is 6.32. The highest BCUT2D eigenvalue weighted by molar-refractivity contribution is 7.99. The minimum atomic E-state index is -0.584. The summed E-state index contributed by atoms with van der Waals surface area (Å²) >= 11 is 1.24. The third kappa shape index (κ3) is 2.69. The first kappa shape index (κ1) is 13.8. The molecule has 0 aliphatic carbocycles. The second-order valence-corrected chi connectivity index (χ2v) is 5.78. The van der Waals surface area contributed by atoms with Gasteiger partial charge in [-0.15, -0.1) is 0 Å². The van der Waals surface area contributed by atoms with Crippen molar-refractivity contribution in [1.29, 1.82) is 0 Å². The first-order valence-corrected chi connectivity index (χ1v) is 7.14. The van der Waals surface area contributed by atoms with Gasteiger partial charge in [-0.2, -0.15) is 0 Å². The van der Waals surface area contributed by atoms with E-state index in [1.165, 1.54) is 23.9 Å². The molecule has 0 aliphatic heterocycles. The molecule has 21 heavy (non-hydrogen) atoms. The van der Waals surface area contributed by atoms with Crippen molar-refractivity contribution in [2.75, 3.05) is 5.73 Å². The van der Waals surface area contributed by atoms with Gasteiger partial charge in [0.05, 0.1) is 0 Å². The first-order chi connectivity index (χ1) is 10.0. The van der Waals surface area contributed by atoms with Crippen molar-refractivity contribution in [2.45, 2.75) is 16.7 Å². The maximum atomic E-state index is 13.8. The lowest BCUT2D eigenvalue weighted by Crippen LogP contribution is -1.91. The predicted molar refractivity (Wildman–Crippen MR) is 81.4 cm³/mol. The average Bonchev–Trinajstić information content (AvgIpc) is 2.44. The zero-order valence-electron chi connectivity index (χ0n) is 11.2. The summed E-state index contributed by atoms with van der Waals surface area (Å²) in [6.45, 7) is 1.88. The molecule has 0 saturated carbocycles. The van der Waals surface area contributed by atoms with Crippen molar-refractivity contribution < 1.29 is 8.78 Å². The monoisotopic (exact) mass is 302 g/mol. The molecule has 2 aromatic carbocycles. The van der Waals surface area contributed by atoms with Crippen molar-refractivity contribution >= 4 is 28.2 Å².